The molecule has 17 heavy (non-hydrogen) atoms. The van der Waals surface area contributed by atoms with Gasteiger partial charge in [0, 0.05) is 13.1 Å². The lowest BCUT2D eigenvalue weighted by Gasteiger charge is -2.21. The summed E-state index contributed by atoms with van der Waals surface area (Å²) < 4.78 is 12.8. The highest BCUT2D eigenvalue weighted by Gasteiger charge is 2.57. The van der Waals surface area contributed by atoms with E-state index in [-0.39, 0.29) is 5.69 Å². The van der Waals surface area contributed by atoms with Crippen molar-refractivity contribution in [1.82, 2.24) is 9.38 Å². The molecular weight excluding hydrogens is 225 g/mol. The third-order valence-electron chi connectivity index (χ3n) is 2.95. The van der Waals surface area contributed by atoms with Crippen LogP contribution in [0.25, 0.3) is 0 Å². The summed E-state index contributed by atoms with van der Waals surface area (Å²) in [6.45, 7) is 0. The molecule has 0 aromatic heterocycles. The van der Waals surface area contributed by atoms with Crippen LogP contribution in [0.2, 0.25) is 0 Å². The first-order chi connectivity index (χ1) is 7.90. The predicted molar refractivity (Wildman–Crippen MR) is 60.0 cm³/mol. The van der Waals surface area contributed by atoms with Gasteiger partial charge in [-0.2, -0.15) is 0 Å². The lowest BCUT2D eigenvalue weighted by atomic mass is 10.2. The van der Waals surface area contributed by atoms with Gasteiger partial charge in [0.25, 0.3) is 0 Å². The summed E-state index contributed by atoms with van der Waals surface area (Å²) in [6, 6.07) is 4.94. The Balaban J connectivity index is 2.66. The molecule has 0 aliphatic carbocycles. The number of rotatable bonds is 1. The first kappa shape index (κ1) is 11.4. The highest BCUT2D eigenvalue weighted by atomic mass is 19.1. The van der Waals surface area contributed by atoms with E-state index in [9.17, 15) is 14.0 Å². The number of carbonyl (C=O) groups is 2. The third-order valence-corrected chi connectivity index (χ3v) is 2.95. The average Bonchev–Trinajstić information content (AvgIpc) is 2.47. The monoisotopic (exact) mass is 236 g/mol. The minimum Gasteiger partial charge on any atom is -0.276 e. The molecule has 5 nitrogen and oxygen atoms in total. The molecule has 1 unspecified atom stereocenters. The molecule has 1 fully saturated rings. The summed E-state index contributed by atoms with van der Waals surface area (Å²) in [5, 5.41) is 7.48. The first-order valence-corrected chi connectivity index (χ1v) is 4.94. The Labute approximate surface area is 97.2 Å². The van der Waals surface area contributed by atoms with Crippen LogP contribution in [0.15, 0.2) is 24.3 Å². The number of amides is 3. The molecule has 1 heterocycles. The van der Waals surface area contributed by atoms with Gasteiger partial charge in [0.1, 0.15) is 0 Å². The van der Waals surface area contributed by atoms with Crippen molar-refractivity contribution in [1.29, 1.82) is 5.41 Å². The Kier molecular flexibility index (Phi) is 2.32. The van der Waals surface area contributed by atoms with Crippen LogP contribution in [0, 0.1) is 11.2 Å². The van der Waals surface area contributed by atoms with Crippen molar-refractivity contribution < 1.29 is 14.0 Å². The molecule has 0 radical (unpaired) electrons. The first-order valence-electron chi connectivity index (χ1n) is 4.94. The topological polar surface area (TPSA) is 61.2 Å². The number of benzene rings is 1. The second-order valence-electron chi connectivity index (χ2n) is 3.95. The van der Waals surface area contributed by atoms with Crippen molar-refractivity contribution in [2.75, 3.05) is 14.1 Å². The fraction of sp³-hybridized carbons (Fsp3) is 0.182. The number of hydrogen-bond donors (Lipinski definition) is 1. The van der Waals surface area contributed by atoms with Gasteiger partial charge in [-0.3, -0.25) is 5.41 Å². The molecule has 0 bridgehead atoms. The SMILES string of the molecule is CN1C(=N)C(=O)[N+](C)(c2ccccc2F)C1=O. The van der Waals surface area contributed by atoms with Crippen LogP contribution in [-0.2, 0) is 4.79 Å². The van der Waals surface area contributed by atoms with Crippen molar-refractivity contribution in [3.63, 3.8) is 0 Å². The van der Waals surface area contributed by atoms with Crippen molar-refractivity contribution in [2.45, 2.75) is 0 Å². The van der Waals surface area contributed by atoms with Crippen LogP contribution in [0.5, 0.6) is 0 Å². The number of para-hydroxylation sites is 1. The number of hydrogen-bond acceptors (Lipinski definition) is 3. The van der Waals surface area contributed by atoms with Gasteiger partial charge in [-0.1, -0.05) is 12.1 Å². The minimum atomic E-state index is -0.859. The fourth-order valence-electron chi connectivity index (χ4n) is 1.86. The molecule has 6 heteroatoms. The lowest BCUT2D eigenvalue weighted by Crippen LogP contribution is -2.51. The lowest BCUT2D eigenvalue weighted by molar-refractivity contribution is -0.119. The van der Waals surface area contributed by atoms with Gasteiger partial charge in [-0.05, 0) is 6.07 Å². The average molecular weight is 236 g/mol. The van der Waals surface area contributed by atoms with E-state index in [4.69, 9.17) is 5.41 Å². The molecule has 1 aliphatic rings. The number of imide groups is 1. The summed E-state index contributed by atoms with van der Waals surface area (Å²) in [7, 11) is 2.62. The van der Waals surface area contributed by atoms with Gasteiger partial charge in [-0.15, -0.1) is 4.48 Å². The van der Waals surface area contributed by atoms with Gasteiger partial charge >= 0.3 is 11.9 Å². The largest absolute Gasteiger partial charge is 0.437 e. The second-order valence-corrected chi connectivity index (χ2v) is 3.95. The third kappa shape index (κ3) is 1.31. The van der Waals surface area contributed by atoms with Gasteiger partial charge in [0.15, 0.2) is 11.5 Å². The molecule has 1 atom stereocenters. The molecule has 0 saturated carbocycles. The number of nitrogens with zero attached hydrogens (tertiary/aromatic N) is 2. The molecule has 0 spiro atoms. The maximum Gasteiger partial charge on any atom is 0.437 e. The Morgan fingerprint density at radius 1 is 1.29 bits per heavy atom. The van der Waals surface area contributed by atoms with E-state index in [1.165, 1.54) is 32.3 Å². The van der Waals surface area contributed by atoms with Crippen molar-refractivity contribution in [3.8, 4) is 0 Å². The summed E-state index contributed by atoms with van der Waals surface area (Å²) in [5.74, 6) is -1.80. The van der Waals surface area contributed by atoms with Gasteiger partial charge < -0.3 is 0 Å². The summed E-state index contributed by atoms with van der Waals surface area (Å²) >= 11 is 0. The maximum absolute atomic E-state index is 13.7. The zero-order valence-corrected chi connectivity index (χ0v) is 9.40. The van der Waals surface area contributed by atoms with Crippen LogP contribution in [0.1, 0.15) is 0 Å². The van der Waals surface area contributed by atoms with Crippen LogP contribution < -0.4 is 4.48 Å². The van der Waals surface area contributed by atoms with E-state index in [0.29, 0.717) is 0 Å². The molecule has 3 amide bonds. The second kappa shape index (κ2) is 3.46. The minimum absolute atomic E-state index is 0.0448. The Hall–Kier alpha value is -2.08. The summed E-state index contributed by atoms with van der Waals surface area (Å²) in [5.41, 5.74) is -0.0448. The van der Waals surface area contributed by atoms with E-state index in [1.54, 1.807) is 6.07 Å². The van der Waals surface area contributed by atoms with Gasteiger partial charge in [0.05, 0.1) is 7.05 Å². The molecule has 1 saturated heterocycles. The van der Waals surface area contributed by atoms with E-state index >= 15 is 0 Å². The molecule has 2 rings (SSSR count). The number of carbonyl (C=O) groups excluding carboxylic acids is 2. The molecule has 1 N–H and O–H groups in total. The van der Waals surface area contributed by atoms with Crippen LogP contribution in [0.3, 0.4) is 0 Å². The van der Waals surface area contributed by atoms with Gasteiger partial charge in [0.2, 0.25) is 5.84 Å². The highest BCUT2D eigenvalue weighted by molar-refractivity contribution is 6.50. The van der Waals surface area contributed by atoms with E-state index in [0.717, 1.165) is 4.90 Å². The number of likely N-dealkylation sites (N-methyl/N-ethyl adjacent to an activating group) is 2. The van der Waals surface area contributed by atoms with Gasteiger partial charge in [-0.25, -0.2) is 18.9 Å². The Morgan fingerprint density at radius 2 is 1.88 bits per heavy atom. The number of quaternary nitrogens is 1. The standard InChI is InChI=1S/C11H11FN3O2/c1-14-9(13)10(16)15(2,11(14)17)8-6-4-3-5-7(8)12/h3-6,13H,1-2H3/q+1. The van der Waals surface area contributed by atoms with E-state index < -0.39 is 28.1 Å². The van der Waals surface area contributed by atoms with Crippen LogP contribution in [0.4, 0.5) is 14.9 Å². The number of nitrogens with one attached hydrogen (secondary N) is 1. The Bertz CT molecular complexity index is 543. The molecule has 88 valence electrons. The Morgan fingerprint density at radius 3 is 2.35 bits per heavy atom. The molecule has 1 aromatic carbocycles. The summed E-state index contributed by atoms with van der Waals surface area (Å²) in [4.78, 5) is 24.8. The number of halogens is 1. The maximum atomic E-state index is 13.7. The predicted octanol–water partition coefficient (Wildman–Crippen LogP) is 1.33. The van der Waals surface area contributed by atoms with Crippen LogP contribution in [-0.4, -0.2) is 36.8 Å². The van der Waals surface area contributed by atoms with Crippen molar-refractivity contribution >= 4 is 23.5 Å². The normalized spacial score (nSPS) is 24.6. The highest BCUT2D eigenvalue weighted by Crippen LogP contribution is 2.30. The zero-order valence-electron chi connectivity index (χ0n) is 9.40. The smallest absolute Gasteiger partial charge is 0.276 e. The van der Waals surface area contributed by atoms with Crippen molar-refractivity contribution in [3.05, 3.63) is 30.1 Å². The molecule has 1 aromatic rings. The van der Waals surface area contributed by atoms with E-state index in [1.807, 2.05) is 0 Å². The fourth-order valence-corrected chi connectivity index (χ4v) is 1.86. The number of amidine groups is 1. The molecular formula is C11H11FN3O2+. The van der Waals surface area contributed by atoms with Crippen molar-refractivity contribution in [2.24, 2.45) is 0 Å². The molecule has 1 aliphatic heterocycles. The van der Waals surface area contributed by atoms with E-state index in [2.05, 4.69) is 0 Å². The zero-order chi connectivity index (χ0) is 12.8. The quantitative estimate of drug-likeness (QED) is 0.590. The summed E-state index contributed by atoms with van der Waals surface area (Å²) in [6.07, 6.45) is 0. The number of urea groups is 1. The van der Waals surface area contributed by atoms with Crippen LogP contribution >= 0.6 is 0 Å².